The Bertz CT molecular complexity index is 1110. The maximum Gasteiger partial charge on any atom is 0.238 e. The third-order valence-corrected chi connectivity index (χ3v) is 6.09. The molecule has 1 aliphatic rings. The number of hydrogen-bond acceptors (Lipinski definition) is 4. The Morgan fingerprint density at radius 1 is 1.00 bits per heavy atom. The van der Waals surface area contributed by atoms with Gasteiger partial charge in [0, 0.05) is 12.2 Å². The van der Waals surface area contributed by atoms with Crippen LogP contribution >= 0.6 is 0 Å². The van der Waals surface area contributed by atoms with E-state index < -0.39 is 0 Å². The lowest BCUT2D eigenvalue weighted by molar-refractivity contribution is -0.117. The molecule has 0 aliphatic carbocycles. The van der Waals surface area contributed by atoms with Crippen LogP contribution in [0.2, 0.25) is 0 Å². The smallest absolute Gasteiger partial charge is 0.238 e. The molecule has 0 aromatic heterocycles. The SMILES string of the molecule is COc1cc2c(cc1OC)[C@H](c1ccccc1)N(CC(=O)Nc1ccc(C)cc1C)CC2. The number of ether oxygens (including phenoxy) is 2. The lowest BCUT2D eigenvalue weighted by Crippen LogP contribution is -2.41. The zero-order valence-electron chi connectivity index (χ0n) is 19.1. The summed E-state index contributed by atoms with van der Waals surface area (Å²) in [7, 11) is 3.31. The van der Waals surface area contributed by atoms with Gasteiger partial charge in [0.15, 0.2) is 11.5 Å². The molecular weight excluding hydrogens is 400 g/mol. The van der Waals surface area contributed by atoms with Crippen LogP contribution in [-0.4, -0.2) is 38.1 Å². The third-order valence-electron chi connectivity index (χ3n) is 6.09. The van der Waals surface area contributed by atoms with Crippen molar-refractivity contribution in [1.82, 2.24) is 4.90 Å². The van der Waals surface area contributed by atoms with Crippen molar-refractivity contribution in [2.45, 2.75) is 26.3 Å². The molecule has 0 spiro atoms. The number of aryl methyl sites for hydroxylation is 2. The highest BCUT2D eigenvalue weighted by molar-refractivity contribution is 5.93. The van der Waals surface area contributed by atoms with Gasteiger partial charge in [-0.3, -0.25) is 9.69 Å². The third kappa shape index (κ3) is 4.48. The van der Waals surface area contributed by atoms with E-state index in [1.807, 2.05) is 37.3 Å². The molecule has 1 atom stereocenters. The second kappa shape index (κ2) is 9.45. The maximum absolute atomic E-state index is 13.0. The maximum atomic E-state index is 13.0. The Morgan fingerprint density at radius 2 is 1.72 bits per heavy atom. The number of nitrogens with zero attached hydrogens (tertiary/aromatic N) is 1. The molecule has 32 heavy (non-hydrogen) atoms. The van der Waals surface area contributed by atoms with E-state index in [1.54, 1.807) is 14.2 Å². The summed E-state index contributed by atoms with van der Waals surface area (Å²) >= 11 is 0. The minimum atomic E-state index is -0.0374. The molecule has 5 nitrogen and oxygen atoms in total. The van der Waals surface area contributed by atoms with Gasteiger partial charge in [0.1, 0.15) is 0 Å². The van der Waals surface area contributed by atoms with Crippen molar-refractivity contribution in [3.63, 3.8) is 0 Å². The monoisotopic (exact) mass is 430 g/mol. The fourth-order valence-electron chi connectivity index (χ4n) is 4.52. The van der Waals surface area contributed by atoms with E-state index in [-0.39, 0.29) is 11.9 Å². The van der Waals surface area contributed by atoms with E-state index in [0.29, 0.717) is 12.3 Å². The molecule has 166 valence electrons. The molecular formula is C27H30N2O3. The molecule has 5 heteroatoms. The molecule has 1 aliphatic heterocycles. The van der Waals surface area contributed by atoms with Crippen molar-refractivity contribution in [1.29, 1.82) is 0 Å². The van der Waals surface area contributed by atoms with Gasteiger partial charge in [0.25, 0.3) is 0 Å². The number of carbonyl (C=O) groups is 1. The van der Waals surface area contributed by atoms with E-state index in [4.69, 9.17) is 9.47 Å². The lowest BCUT2D eigenvalue weighted by Gasteiger charge is -2.37. The van der Waals surface area contributed by atoms with Gasteiger partial charge in [-0.15, -0.1) is 0 Å². The fourth-order valence-corrected chi connectivity index (χ4v) is 4.52. The van der Waals surface area contributed by atoms with Gasteiger partial charge in [-0.05, 0) is 60.7 Å². The summed E-state index contributed by atoms with van der Waals surface area (Å²) in [5.74, 6) is 1.43. The number of fused-ring (bicyclic) bond motifs is 1. The highest BCUT2D eigenvalue weighted by Gasteiger charge is 2.31. The molecule has 0 saturated carbocycles. The number of hydrogen-bond donors (Lipinski definition) is 1. The van der Waals surface area contributed by atoms with E-state index in [0.717, 1.165) is 41.1 Å². The minimum Gasteiger partial charge on any atom is -0.493 e. The number of methoxy groups -OCH3 is 2. The van der Waals surface area contributed by atoms with Crippen molar-refractivity contribution < 1.29 is 14.3 Å². The molecule has 0 bridgehead atoms. The molecule has 4 rings (SSSR count). The topological polar surface area (TPSA) is 50.8 Å². The van der Waals surface area contributed by atoms with Crippen LogP contribution in [0.4, 0.5) is 5.69 Å². The highest BCUT2D eigenvalue weighted by Crippen LogP contribution is 2.40. The predicted molar refractivity (Wildman–Crippen MR) is 128 cm³/mol. The highest BCUT2D eigenvalue weighted by atomic mass is 16.5. The lowest BCUT2D eigenvalue weighted by atomic mass is 9.87. The van der Waals surface area contributed by atoms with Crippen molar-refractivity contribution in [2.75, 3.05) is 32.6 Å². The summed E-state index contributed by atoms with van der Waals surface area (Å²) in [4.78, 5) is 15.3. The van der Waals surface area contributed by atoms with Gasteiger partial charge in [-0.2, -0.15) is 0 Å². The van der Waals surface area contributed by atoms with E-state index in [9.17, 15) is 4.79 Å². The van der Waals surface area contributed by atoms with Crippen molar-refractivity contribution >= 4 is 11.6 Å². The largest absolute Gasteiger partial charge is 0.493 e. The minimum absolute atomic E-state index is 0.0122. The first-order chi connectivity index (χ1) is 15.5. The van der Waals surface area contributed by atoms with Crippen molar-refractivity contribution in [3.05, 3.63) is 88.5 Å². The van der Waals surface area contributed by atoms with Gasteiger partial charge in [0.2, 0.25) is 5.91 Å². The van der Waals surface area contributed by atoms with E-state index in [1.165, 1.54) is 11.1 Å². The fraction of sp³-hybridized carbons (Fsp3) is 0.296. The average Bonchev–Trinajstić information content (AvgIpc) is 2.80. The molecule has 0 fully saturated rings. The first-order valence-corrected chi connectivity index (χ1v) is 10.9. The van der Waals surface area contributed by atoms with Crippen LogP contribution in [0.3, 0.4) is 0 Å². The standard InChI is InChI=1S/C27H30N2O3/c1-18-10-11-23(19(2)14-18)28-26(30)17-29-13-12-21-15-24(31-3)25(32-4)16-22(21)27(29)20-8-6-5-7-9-20/h5-11,14-16,27H,12-13,17H2,1-4H3,(H,28,30)/t27-/m0/s1. The summed E-state index contributed by atoms with van der Waals surface area (Å²) in [5, 5.41) is 3.10. The molecule has 1 heterocycles. The second-order valence-corrected chi connectivity index (χ2v) is 8.31. The summed E-state index contributed by atoms with van der Waals surface area (Å²) in [5.41, 5.74) is 6.64. The number of carbonyl (C=O) groups excluding carboxylic acids is 1. The molecule has 0 unspecified atom stereocenters. The second-order valence-electron chi connectivity index (χ2n) is 8.31. The Morgan fingerprint density at radius 3 is 2.41 bits per heavy atom. The number of benzene rings is 3. The Balaban J connectivity index is 1.65. The normalized spacial score (nSPS) is 15.7. The molecule has 0 saturated heterocycles. The molecule has 3 aromatic rings. The van der Waals surface area contributed by atoms with Crippen LogP contribution in [0.15, 0.2) is 60.7 Å². The molecule has 1 N–H and O–H groups in total. The van der Waals surface area contributed by atoms with Crippen molar-refractivity contribution in [3.8, 4) is 11.5 Å². The van der Waals surface area contributed by atoms with Crippen LogP contribution in [0.5, 0.6) is 11.5 Å². The number of rotatable bonds is 6. The Kier molecular flexibility index (Phi) is 6.47. The zero-order chi connectivity index (χ0) is 22.7. The number of anilines is 1. The summed E-state index contributed by atoms with van der Waals surface area (Å²) in [6.45, 7) is 5.16. The van der Waals surface area contributed by atoms with E-state index in [2.05, 4.69) is 47.5 Å². The van der Waals surface area contributed by atoms with Crippen molar-refractivity contribution in [2.24, 2.45) is 0 Å². The van der Waals surface area contributed by atoms with Gasteiger partial charge in [-0.1, -0.05) is 48.0 Å². The van der Waals surface area contributed by atoms with Crippen LogP contribution in [0.25, 0.3) is 0 Å². The summed E-state index contributed by atoms with van der Waals surface area (Å²) in [6.07, 6.45) is 0.843. The quantitative estimate of drug-likeness (QED) is 0.604. The van der Waals surface area contributed by atoms with Crippen LogP contribution in [0.1, 0.15) is 33.9 Å². The van der Waals surface area contributed by atoms with Gasteiger partial charge >= 0.3 is 0 Å². The van der Waals surface area contributed by atoms with Gasteiger partial charge < -0.3 is 14.8 Å². The van der Waals surface area contributed by atoms with Crippen LogP contribution in [0, 0.1) is 13.8 Å². The summed E-state index contributed by atoms with van der Waals surface area (Å²) in [6, 6.07) is 20.5. The van der Waals surface area contributed by atoms with Gasteiger partial charge in [-0.25, -0.2) is 0 Å². The Labute approximate surface area is 190 Å². The first-order valence-electron chi connectivity index (χ1n) is 10.9. The zero-order valence-corrected chi connectivity index (χ0v) is 19.1. The van der Waals surface area contributed by atoms with Crippen LogP contribution in [-0.2, 0) is 11.2 Å². The average molecular weight is 431 g/mol. The molecule has 1 amide bonds. The molecule has 3 aromatic carbocycles. The Hall–Kier alpha value is -3.31. The number of amides is 1. The summed E-state index contributed by atoms with van der Waals surface area (Å²) < 4.78 is 11.1. The number of nitrogens with one attached hydrogen (secondary N) is 1. The molecule has 0 radical (unpaired) electrons. The van der Waals surface area contributed by atoms with Crippen LogP contribution < -0.4 is 14.8 Å². The van der Waals surface area contributed by atoms with Gasteiger partial charge in [0.05, 0.1) is 26.8 Å². The predicted octanol–water partition coefficient (Wildman–Crippen LogP) is 4.91. The first kappa shape index (κ1) is 21.9. The van der Waals surface area contributed by atoms with E-state index >= 15 is 0 Å².